The lowest BCUT2D eigenvalue weighted by molar-refractivity contribution is -0.0497. The van der Waals surface area contributed by atoms with Crippen LogP contribution in [0.1, 0.15) is 11.1 Å². The van der Waals surface area contributed by atoms with Crippen molar-refractivity contribution in [2.75, 3.05) is 57.2 Å². The van der Waals surface area contributed by atoms with Crippen molar-refractivity contribution in [3.8, 4) is 0 Å². The van der Waals surface area contributed by atoms with Crippen molar-refractivity contribution < 1.29 is 66.8 Å². The molecule has 2 heterocycles. The maximum atomic E-state index is 12.7. The van der Waals surface area contributed by atoms with Crippen LogP contribution in [0, 0.1) is 0 Å². The van der Waals surface area contributed by atoms with Gasteiger partial charge in [0, 0.05) is 22.7 Å². The maximum absolute atomic E-state index is 12.7. The summed E-state index contributed by atoms with van der Waals surface area (Å²) in [7, 11) is -10.0. The van der Waals surface area contributed by atoms with Crippen molar-refractivity contribution in [1.82, 2.24) is 29.9 Å². The van der Waals surface area contributed by atoms with E-state index in [1.165, 1.54) is 24.3 Å². The van der Waals surface area contributed by atoms with Gasteiger partial charge in [0.1, 0.15) is 9.79 Å². The Kier molecular flexibility index (Phi) is 16.4. The zero-order valence-electron chi connectivity index (χ0n) is 35.0. The molecule has 14 N–H and O–H groups in total. The van der Waals surface area contributed by atoms with E-state index in [4.69, 9.17) is 0 Å². The quantitative estimate of drug-likeness (QED) is 0.0251. The van der Waals surface area contributed by atoms with Crippen molar-refractivity contribution in [3.05, 3.63) is 108 Å². The van der Waals surface area contributed by atoms with Gasteiger partial charge in [-0.05, 0) is 59.7 Å². The molecule has 2 aromatic heterocycles. The molecule has 28 heteroatoms. The van der Waals surface area contributed by atoms with Gasteiger partial charge in [-0.1, -0.05) is 60.7 Å². The normalized spacial score (nSPS) is 12.0. The molecule has 6 rings (SSSR count). The van der Waals surface area contributed by atoms with Crippen LogP contribution >= 0.6 is 0 Å². The van der Waals surface area contributed by atoms with E-state index < -0.39 is 81.4 Å². The second kappa shape index (κ2) is 22.2. The third-order valence-corrected chi connectivity index (χ3v) is 10.8. The summed E-state index contributed by atoms with van der Waals surface area (Å²) >= 11 is 0. The Balaban J connectivity index is 1.32. The molecule has 0 atom stereocenters. The van der Waals surface area contributed by atoms with Gasteiger partial charge in [0.05, 0.1) is 26.2 Å². The van der Waals surface area contributed by atoms with Gasteiger partial charge in [0.2, 0.25) is 35.7 Å². The Morgan fingerprint density at radius 3 is 1.00 bits per heavy atom. The average molecular weight is 981 g/mol. The van der Waals surface area contributed by atoms with Gasteiger partial charge in [-0.2, -0.15) is 46.7 Å². The molecule has 0 saturated carbocycles. The molecule has 0 aliphatic heterocycles. The third kappa shape index (κ3) is 14.7. The number of hydrogen-bond acceptors (Lipinski definition) is 24. The standard InChI is InChI=1S/C40H44N12O14S2/c53-31(54)19-51(20-32(55)56)39-47-35(41-25-7-3-1-4-8-25)45-37(49-39)43-27-15-13-23(29(17-27)67(61,62)63)11-12-24-14-16-28(18-30(24)68(64,65)66)44-38-46-36(42-26-9-5-2-6-10-26)48-40(50-38)52(21-33(57)58)22-34(59)60/h1-18,31-34,53-60H,19-22H2,(H,61,62,63)(H,64,65,66)(H2,41,43,45,47,49)(H2,42,44,46,48,50). The summed E-state index contributed by atoms with van der Waals surface area (Å²) in [6.07, 6.45) is -5.53. The highest BCUT2D eigenvalue weighted by atomic mass is 32.2. The second-order valence-electron chi connectivity index (χ2n) is 14.3. The van der Waals surface area contributed by atoms with Crippen LogP contribution in [0.3, 0.4) is 0 Å². The van der Waals surface area contributed by atoms with E-state index in [-0.39, 0.29) is 58.2 Å². The first kappa shape index (κ1) is 50.4. The lowest BCUT2D eigenvalue weighted by Crippen LogP contribution is -2.39. The minimum atomic E-state index is -5.01. The van der Waals surface area contributed by atoms with Crippen molar-refractivity contribution in [1.29, 1.82) is 0 Å². The summed E-state index contributed by atoms with van der Waals surface area (Å²) < 4.78 is 71.6. The molecule has 0 radical (unpaired) electrons. The van der Waals surface area contributed by atoms with Gasteiger partial charge in [-0.25, -0.2) is 0 Å². The molecule has 0 saturated heterocycles. The highest BCUT2D eigenvalue weighted by molar-refractivity contribution is 7.86. The van der Waals surface area contributed by atoms with Crippen LogP contribution in [-0.2, 0) is 20.2 Å². The van der Waals surface area contributed by atoms with E-state index in [2.05, 4.69) is 51.2 Å². The Bertz CT molecular complexity index is 2710. The van der Waals surface area contributed by atoms with E-state index in [0.717, 1.165) is 34.1 Å². The molecule has 0 aliphatic carbocycles. The zero-order valence-corrected chi connectivity index (χ0v) is 36.7. The van der Waals surface area contributed by atoms with Crippen molar-refractivity contribution >= 4 is 90.8 Å². The zero-order chi connectivity index (χ0) is 49.2. The van der Waals surface area contributed by atoms with Crippen LogP contribution in [0.15, 0.2) is 107 Å². The third-order valence-electron chi connectivity index (χ3n) is 8.95. The average Bonchev–Trinajstić information content (AvgIpc) is 3.25. The molecule has 360 valence electrons. The lowest BCUT2D eigenvalue weighted by atomic mass is 10.1. The number of rotatable bonds is 22. The smallest absolute Gasteiger partial charge is 0.295 e. The number of aromatic nitrogens is 6. The van der Waals surface area contributed by atoms with Gasteiger partial charge in [0.15, 0.2) is 25.2 Å². The number of nitrogens with one attached hydrogen (secondary N) is 4. The van der Waals surface area contributed by atoms with Crippen LogP contribution in [0.2, 0.25) is 0 Å². The molecule has 0 spiro atoms. The molecular formula is C40H44N12O14S2. The van der Waals surface area contributed by atoms with Crippen LogP contribution in [0.4, 0.5) is 58.4 Å². The molecule has 68 heavy (non-hydrogen) atoms. The van der Waals surface area contributed by atoms with Crippen molar-refractivity contribution in [2.24, 2.45) is 0 Å². The summed E-state index contributed by atoms with van der Waals surface area (Å²) in [5.74, 6) is -1.25. The van der Waals surface area contributed by atoms with Gasteiger partial charge >= 0.3 is 0 Å². The molecule has 0 unspecified atom stereocenters. The van der Waals surface area contributed by atoms with Gasteiger partial charge in [-0.3, -0.25) is 9.11 Å². The van der Waals surface area contributed by atoms with Crippen molar-refractivity contribution in [2.45, 2.75) is 35.0 Å². The summed E-state index contributed by atoms with van der Waals surface area (Å²) in [5.41, 5.74) is 0.681. The fourth-order valence-electron chi connectivity index (χ4n) is 6.19. The molecular weight excluding hydrogens is 937 g/mol. The predicted octanol–water partition coefficient (Wildman–Crippen LogP) is 0.550. The van der Waals surface area contributed by atoms with E-state index >= 15 is 0 Å². The highest BCUT2D eigenvalue weighted by Gasteiger charge is 2.23. The first-order valence-electron chi connectivity index (χ1n) is 19.7. The minimum Gasteiger partial charge on any atom is -0.367 e. The number of hydrogen-bond donors (Lipinski definition) is 14. The number of anilines is 10. The monoisotopic (exact) mass is 980 g/mol. The SMILES string of the molecule is O=S(=O)(O)c1cc(Nc2nc(Nc3ccccc3)nc(N(CC(O)O)CC(O)O)n2)ccc1C=Cc1ccc(Nc2nc(Nc3ccccc3)nc(N(CC(O)O)CC(O)O)n2)cc1S(=O)(=O)O. The summed E-state index contributed by atoms with van der Waals surface area (Å²) in [6.45, 7) is -2.27. The van der Waals surface area contributed by atoms with Crippen LogP contribution in [0.5, 0.6) is 0 Å². The van der Waals surface area contributed by atoms with Gasteiger partial charge in [0.25, 0.3) is 20.2 Å². The Morgan fingerprint density at radius 2 is 0.721 bits per heavy atom. The highest BCUT2D eigenvalue weighted by Crippen LogP contribution is 2.29. The van der Waals surface area contributed by atoms with Gasteiger partial charge < -0.3 is 71.9 Å². The van der Waals surface area contributed by atoms with Gasteiger partial charge in [-0.15, -0.1) is 0 Å². The Labute approximate surface area is 386 Å². The van der Waals surface area contributed by atoms with E-state index in [9.17, 15) is 66.8 Å². The fraction of sp³-hybridized carbons (Fsp3) is 0.200. The molecule has 0 amide bonds. The largest absolute Gasteiger partial charge is 0.367 e. The minimum absolute atomic E-state index is 0.0191. The van der Waals surface area contributed by atoms with Crippen LogP contribution in [0.25, 0.3) is 12.2 Å². The Morgan fingerprint density at radius 1 is 0.426 bits per heavy atom. The van der Waals surface area contributed by atoms with Crippen molar-refractivity contribution in [3.63, 3.8) is 0 Å². The van der Waals surface area contributed by atoms with E-state index in [0.29, 0.717) is 11.4 Å². The van der Waals surface area contributed by atoms with Crippen LogP contribution in [-0.4, -0.2) is 148 Å². The number of benzene rings is 4. The number of nitrogens with zero attached hydrogens (tertiary/aromatic N) is 8. The summed E-state index contributed by atoms with van der Waals surface area (Å²) in [6, 6.07) is 24.3. The number of aliphatic hydroxyl groups excluding tert-OH is 4. The first-order chi connectivity index (χ1) is 32.2. The molecule has 6 aromatic rings. The second-order valence-corrected chi connectivity index (χ2v) is 17.1. The molecule has 0 bridgehead atoms. The summed E-state index contributed by atoms with van der Waals surface area (Å²) in [5, 5.41) is 88.8. The first-order valence-corrected chi connectivity index (χ1v) is 22.6. The molecule has 0 aliphatic rings. The van der Waals surface area contributed by atoms with Crippen LogP contribution < -0.4 is 31.1 Å². The fourth-order valence-corrected chi connectivity index (χ4v) is 7.61. The molecule has 26 nitrogen and oxygen atoms in total. The lowest BCUT2D eigenvalue weighted by Gasteiger charge is -2.24. The summed E-state index contributed by atoms with van der Waals surface area (Å²) in [4.78, 5) is 26.3. The molecule has 0 fully saturated rings. The van der Waals surface area contributed by atoms with E-state index in [1.54, 1.807) is 60.7 Å². The number of para-hydroxylation sites is 2. The maximum Gasteiger partial charge on any atom is 0.295 e. The number of aliphatic hydroxyl groups is 8. The molecule has 4 aromatic carbocycles. The Hall–Kier alpha value is -7.06. The topological polar surface area (TPSA) is 403 Å². The van der Waals surface area contributed by atoms with E-state index in [1.807, 2.05) is 0 Å². The predicted molar refractivity (Wildman–Crippen MR) is 244 cm³/mol.